The van der Waals surface area contributed by atoms with Crippen molar-refractivity contribution in [3.8, 4) is 0 Å². The lowest BCUT2D eigenvalue weighted by Gasteiger charge is -2.27. The van der Waals surface area contributed by atoms with Crippen LogP contribution in [0.2, 0.25) is 0 Å². The van der Waals surface area contributed by atoms with Crippen LogP contribution in [0.4, 0.5) is 0 Å². The van der Waals surface area contributed by atoms with E-state index in [2.05, 4.69) is 17.6 Å². The second kappa shape index (κ2) is 10.4. The van der Waals surface area contributed by atoms with Crippen molar-refractivity contribution in [2.45, 2.75) is 32.3 Å². The monoisotopic (exact) mass is 378 g/mol. The summed E-state index contributed by atoms with van der Waals surface area (Å²) in [6.45, 7) is 1.76. The van der Waals surface area contributed by atoms with Gasteiger partial charge in [0.05, 0.1) is 6.61 Å². The molecule has 0 atom stereocenters. The molecule has 1 aliphatic rings. The number of nitrogens with one attached hydrogen (secondary N) is 1. The molecular weight excluding hydrogens is 352 g/mol. The molecule has 0 saturated heterocycles. The Balaban J connectivity index is 1.39. The van der Waals surface area contributed by atoms with Crippen molar-refractivity contribution in [3.63, 3.8) is 0 Å². The Morgan fingerprint density at radius 2 is 1.64 bits per heavy atom. The van der Waals surface area contributed by atoms with Gasteiger partial charge in [-0.05, 0) is 30.4 Å². The highest BCUT2D eigenvalue weighted by Gasteiger charge is 2.22. The van der Waals surface area contributed by atoms with Crippen LogP contribution in [0.5, 0.6) is 0 Å². The first-order chi connectivity index (χ1) is 13.7. The molecule has 1 N–H and O–H groups in total. The lowest BCUT2D eigenvalue weighted by molar-refractivity contribution is -0.134. The second-order valence-electron chi connectivity index (χ2n) is 6.85. The van der Waals surface area contributed by atoms with Gasteiger partial charge >= 0.3 is 0 Å². The van der Waals surface area contributed by atoms with Crippen molar-refractivity contribution in [1.82, 2.24) is 10.4 Å². The van der Waals surface area contributed by atoms with E-state index < -0.39 is 0 Å². The molecule has 0 spiro atoms. The number of hydrogen-bond donors (Lipinski definition) is 1. The van der Waals surface area contributed by atoms with E-state index in [-0.39, 0.29) is 18.2 Å². The molecular formula is C23H26N2O3. The SMILES string of the molecule is O=C(CCC1=CCCN(CCc2ccccc2)C1=O)NOCc1ccccc1. The zero-order valence-corrected chi connectivity index (χ0v) is 16.0. The number of hydrogen-bond acceptors (Lipinski definition) is 3. The third-order valence-corrected chi connectivity index (χ3v) is 4.75. The fraction of sp³-hybridized carbons (Fsp3) is 0.304. The first-order valence-electron chi connectivity index (χ1n) is 9.69. The average Bonchev–Trinajstić information content (AvgIpc) is 2.74. The molecule has 0 bridgehead atoms. The first-order valence-corrected chi connectivity index (χ1v) is 9.69. The van der Waals surface area contributed by atoms with Gasteiger partial charge in [-0.25, -0.2) is 5.48 Å². The van der Waals surface area contributed by atoms with Crippen molar-refractivity contribution < 1.29 is 14.4 Å². The van der Waals surface area contributed by atoms with E-state index in [4.69, 9.17) is 4.84 Å². The molecule has 2 aromatic carbocycles. The number of rotatable bonds is 9. The molecule has 146 valence electrons. The van der Waals surface area contributed by atoms with Crippen LogP contribution in [0.25, 0.3) is 0 Å². The molecule has 0 aromatic heterocycles. The van der Waals surface area contributed by atoms with Gasteiger partial charge in [0.2, 0.25) is 11.8 Å². The second-order valence-corrected chi connectivity index (χ2v) is 6.85. The highest BCUT2D eigenvalue weighted by molar-refractivity contribution is 5.94. The van der Waals surface area contributed by atoms with E-state index in [1.165, 1.54) is 5.56 Å². The Bertz CT molecular complexity index is 803. The molecule has 28 heavy (non-hydrogen) atoms. The maximum absolute atomic E-state index is 12.7. The molecule has 0 aliphatic carbocycles. The molecule has 0 saturated carbocycles. The molecule has 1 aliphatic heterocycles. The summed E-state index contributed by atoms with van der Waals surface area (Å²) in [4.78, 5) is 31.8. The summed E-state index contributed by atoms with van der Waals surface area (Å²) < 4.78 is 0. The van der Waals surface area contributed by atoms with Crippen LogP contribution in [0.1, 0.15) is 30.4 Å². The molecule has 2 amide bonds. The van der Waals surface area contributed by atoms with Crippen LogP contribution < -0.4 is 5.48 Å². The minimum absolute atomic E-state index is 0.0418. The lowest BCUT2D eigenvalue weighted by atomic mass is 10.0. The summed E-state index contributed by atoms with van der Waals surface area (Å²) in [6, 6.07) is 19.8. The first kappa shape index (κ1) is 19.8. The molecule has 5 heteroatoms. The maximum atomic E-state index is 12.7. The fourth-order valence-corrected chi connectivity index (χ4v) is 3.19. The minimum Gasteiger partial charge on any atom is -0.338 e. The predicted molar refractivity (Wildman–Crippen MR) is 108 cm³/mol. The lowest BCUT2D eigenvalue weighted by Crippen LogP contribution is -2.37. The minimum atomic E-state index is -0.217. The van der Waals surface area contributed by atoms with E-state index in [0.29, 0.717) is 19.6 Å². The average molecular weight is 378 g/mol. The van der Waals surface area contributed by atoms with E-state index in [1.807, 2.05) is 59.5 Å². The van der Waals surface area contributed by atoms with Crippen molar-refractivity contribution in [2.24, 2.45) is 0 Å². The Morgan fingerprint density at radius 1 is 0.964 bits per heavy atom. The highest BCUT2D eigenvalue weighted by atomic mass is 16.6. The summed E-state index contributed by atoms with van der Waals surface area (Å²) in [6.07, 6.45) is 4.30. The molecule has 5 nitrogen and oxygen atoms in total. The number of carbonyl (C=O) groups is 2. The highest BCUT2D eigenvalue weighted by Crippen LogP contribution is 2.17. The van der Waals surface area contributed by atoms with Gasteiger partial charge < -0.3 is 4.90 Å². The predicted octanol–water partition coefficient (Wildman–Crippen LogP) is 3.42. The third kappa shape index (κ3) is 6.06. The molecule has 3 rings (SSSR count). The summed E-state index contributed by atoms with van der Waals surface area (Å²) in [7, 11) is 0. The van der Waals surface area contributed by atoms with Gasteiger partial charge in [0.1, 0.15) is 0 Å². The van der Waals surface area contributed by atoms with Gasteiger partial charge in [0, 0.05) is 25.1 Å². The van der Waals surface area contributed by atoms with E-state index in [9.17, 15) is 9.59 Å². The summed E-state index contributed by atoms with van der Waals surface area (Å²) in [5.41, 5.74) is 5.38. The third-order valence-electron chi connectivity index (χ3n) is 4.75. The summed E-state index contributed by atoms with van der Waals surface area (Å²) in [5, 5.41) is 0. The number of hydroxylamine groups is 1. The summed E-state index contributed by atoms with van der Waals surface area (Å²) >= 11 is 0. The topological polar surface area (TPSA) is 58.6 Å². The Morgan fingerprint density at radius 3 is 2.36 bits per heavy atom. The quantitative estimate of drug-likeness (QED) is 0.680. The van der Waals surface area contributed by atoms with Crippen molar-refractivity contribution >= 4 is 11.8 Å². The normalized spacial score (nSPS) is 13.9. The molecule has 1 heterocycles. The van der Waals surface area contributed by atoms with Crippen molar-refractivity contribution in [1.29, 1.82) is 0 Å². The number of carbonyl (C=O) groups excluding carboxylic acids is 2. The van der Waals surface area contributed by atoms with Gasteiger partial charge in [-0.2, -0.15) is 0 Å². The number of benzene rings is 2. The van der Waals surface area contributed by atoms with Gasteiger partial charge in [0.15, 0.2) is 0 Å². The fourth-order valence-electron chi connectivity index (χ4n) is 3.19. The van der Waals surface area contributed by atoms with Gasteiger partial charge in [-0.3, -0.25) is 14.4 Å². The Hall–Kier alpha value is -2.92. The van der Waals surface area contributed by atoms with Crippen LogP contribution in [-0.4, -0.2) is 29.8 Å². The standard InChI is InChI=1S/C23H26N2O3/c26-22(24-28-18-20-10-5-2-6-11-20)14-13-21-12-7-16-25(23(21)27)17-15-19-8-3-1-4-9-19/h1-6,8-12H,7,13-18H2,(H,24,26). The van der Waals surface area contributed by atoms with Crippen molar-refractivity contribution in [2.75, 3.05) is 13.1 Å². The van der Waals surface area contributed by atoms with Crippen LogP contribution in [0.3, 0.4) is 0 Å². The zero-order valence-electron chi connectivity index (χ0n) is 16.0. The van der Waals surface area contributed by atoms with Crippen LogP contribution in [0, 0.1) is 0 Å². The Kier molecular flexibility index (Phi) is 7.38. The molecule has 0 fully saturated rings. The molecule has 0 unspecified atom stereocenters. The summed E-state index contributed by atoms with van der Waals surface area (Å²) in [5.74, 6) is -0.175. The maximum Gasteiger partial charge on any atom is 0.249 e. The van der Waals surface area contributed by atoms with E-state index >= 15 is 0 Å². The number of nitrogens with zero attached hydrogens (tertiary/aromatic N) is 1. The van der Waals surface area contributed by atoms with Crippen LogP contribution in [0.15, 0.2) is 72.3 Å². The number of amides is 2. The molecule has 0 radical (unpaired) electrons. The van der Waals surface area contributed by atoms with Crippen LogP contribution in [-0.2, 0) is 27.5 Å². The molecule has 2 aromatic rings. The van der Waals surface area contributed by atoms with Gasteiger partial charge in [0.25, 0.3) is 0 Å². The zero-order chi connectivity index (χ0) is 19.6. The largest absolute Gasteiger partial charge is 0.338 e. The van der Waals surface area contributed by atoms with E-state index in [0.717, 1.165) is 30.5 Å². The van der Waals surface area contributed by atoms with E-state index in [1.54, 1.807) is 0 Å². The Labute approximate surface area is 166 Å². The van der Waals surface area contributed by atoms with Gasteiger partial charge in [-0.15, -0.1) is 0 Å². The van der Waals surface area contributed by atoms with Gasteiger partial charge in [-0.1, -0.05) is 66.7 Å². The van der Waals surface area contributed by atoms with Crippen molar-refractivity contribution in [3.05, 3.63) is 83.4 Å². The smallest absolute Gasteiger partial charge is 0.249 e. The van der Waals surface area contributed by atoms with Crippen LogP contribution >= 0.6 is 0 Å².